The van der Waals surface area contributed by atoms with E-state index in [0.717, 1.165) is 38.5 Å². The van der Waals surface area contributed by atoms with Gasteiger partial charge in [-0.1, -0.05) is 102 Å². The van der Waals surface area contributed by atoms with E-state index in [2.05, 4.69) is 19.2 Å². The quantitative estimate of drug-likeness (QED) is 0.0426. The highest BCUT2D eigenvalue weighted by atomic mass is 35.5. The van der Waals surface area contributed by atoms with Crippen LogP contribution in [-0.2, 0) is 9.53 Å². The van der Waals surface area contributed by atoms with Gasteiger partial charge < -0.3 is 14.8 Å². The number of methoxy groups -OCH3 is 1. The number of alkyl halides is 1. The summed E-state index contributed by atoms with van der Waals surface area (Å²) in [6, 6.07) is 10.9. The van der Waals surface area contributed by atoms with Crippen LogP contribution in [-0.4, -0.2) is 36.3 Å². The Morgan fingerprint density at radius 1 is 0.727 bits per heavy atom. The van der Waals surface area contributed by atoms with Gasteiger partial charge in [0.2, 0.25) is 5.91 Å². The zero-order valence-corrected chi connectivity index (χ0v) is 28.3. The zero-order chi connectivity index (χ0) is 32.2. The molecule has 0 aliphatic carbocycles. The first-order chi connectivity index (χ1) is 21.3. The first-order valence-corrected chi connectivity index (χ1v) is 17.3. The molecule has 2 rings (SSSR count). The summed E-state index contributed by atoms with van der Waals surface area (Å²) >= 11 is 12.6. The van der Waals surface area contributed by atoms with Gasteiger partial charge in [-0.25, -0.2) is 4.79 Å². The second-order valence-corrected chi connectivity index (χ2v) is 12.3. The molecule has 1 atom stereocenters. The van der Waals surface area contributed by atoms with Crippen LogP contribution in [0.15, 0.2) is 42.5 Å². The van der Waals surface area contributed by atoms with Gasteiger partial charge in [0.1, 0.15) is 11.9 Å². The Hall–Kier alpha value is -2.57. The normalized spacial score (nSPS) is 11.8. The molecule has 0 aliphatic rings. The maximum absolute atomic E-state index is 13.2. The Balaban J connectivity index is 1.99. The van der Waals surface area contributed by atoms with Crippen molar-refractivity contribution in [2.45, 2.75) is 128 Å². The Kier molecular flexibility index (Phi) is 18.8. The third kappa shape index (κ3) is 14.0. The number of anilines is 1. The number of carbonyl (C=O) groups excluding carboxylic acids is 3. The smallest absolute Gasteiger partial charge is 0.338 e. The number of amides is 1. The number of halogens is 2. The van der Waals surface area contributed by atoms with Crippen LogP contribution in [0.4, 0.5) is 5.69 Å². The minimum absolute atomic E-state index is 0.156. The molecular formula is C36H51Cl2NO5. The molecule has 0 aromatic heterocycles. The number of benzene rings is 2. The van der Waals surface area contributed by atoms with Crippen molar-refractivity contribution in [1.29, 1.82) is 0 Å². The fourth-order valence-corrected chi connectivity index (χ4v) is 5.45. The number of unbranched alkanes of at least 4 members (excludes halogenated alkanes) is 12. The van der Waals surface area contributed by atoms with Gasteiger partial charge in [0.15, 0.2) is 11.2 Å². The Morgan fingerprint density at radius 3 is 1.75 bits per heavy atom. The van der Waals surface area contributed by atoms with E-state index in [1.165, 1.54) is 83.5 Å². The van der Waals surface area contributed by atoms with Crippen molar-refractivity contribution in [1.82, 2.24) is 0 Å². The van der Waals surface area contributed by atoms with Crippen LogP contribution in [0.3, 0.4) is 0 Å². The molecule has 0 aliphatic heterocycles. The molecule has 6 nitrogen and oxygen atoms in total. The molecule has 0 saturated carbocycles. The van der Waals surface area contributed by atoms with Crippen LogP contribution in [0.25, 0.3) is 0 Å². The lowest BCUT2D eigenvalue weighted by molar-refractivity contribution is -0.115. The first kappa shape index (κ1) is 37.6. The fraction of sp³-hybridized carbons (Fsp3) is 0.583. The maximum atomic E-state index is 13.2. The molecule has 0 spiro atoms. The van der Waals surface area contributed by atoms with Gasteiger partial charge in [-0.3, -0.25) is 9.59 Å². The lowest BCUT2D eigenvalue weighted by Crippen LogP contribution is -2.30. The summed E-state index contributed by atoms with van der Waals surface area (Å²) in [5, 5.41) is 1.34. The predicted octanol–water partition coefficient (Wildman–Crippen LogP) is 10.6. The third-order valence-electron chi connectivity index (χ3n) is 7.83. The van der Waals surface area contributed by atoms with Crippen LogP contribution in [0.1, 0.15) is 137 Å². The van der Waals surface area contributed by atoms with Gasteiger partial charge >= 0.3 is 5.97 Å². The van der Waals surface area contributed by atoms with Gasteiger partial charge in [0.25, 0.3) is 0 Å². The summed E-state index contributed by atoms with van der Waals surface area (Å²) in [6.07, 6.45) is 18.4. The van der Waals surface area contributed by atoms with Crippen LogP contribution in [0.5, 0.6) is 5.75 Å². The molecule has 0 saturated heterocycles. The van der Waals surface area contributed by atoms with Gasteiger partial charge in [-0.05, 0) is 68.1 Å². The topological polar surface area (TPSA) is 81.7 Å². The average Bonchev–Trinajstić information content (AvgIpc) is 3.03. The number of carbonyl (C=O) groups is 3. The number of ketones is 1. The van der Waals surface area contributed by atoms with E-state index in [9.17, 15) is 14.4 Å². The van der Waals surface area contributed by atoms with Crippen molar-refractivity contribution in [2.24, 2.45) is 0 Å². The highest BCUT2D eigenvalue weighted by molar-refractivity contribution is 6.46. The number of hydrogen-bond donors (Lipinski definition) is 1. The number of Topliss-reactive ketones (excluding diaryl/α,β-unsaturated/α-hetero) is 1. The molecular weight excluding hydrogens is 597 g/mol. The number of esters is 1. The summed E-state index contributed by atoms with van der Waals surface area (Å²) in [7, 11) is 1.52. The molecule has 0 bridgehead atoms. The lowest BCUT2D eigenvalue weighted by Gasteiger charge is -2.19. The van der Waals surface area contributed by atoms with E-state index in [0.29, 0.717) is 5.75 Å². The monoisotopic (exact) mass is 647 g/mol. The SMILES string of the molecule is CCCCCCCCCC(CCCCCCCCC)OC(=O)c1ccc(Cl)c(NC(=O)C(Cl)C(=O)c2ccc(OC)cc2)c1. The average molecular weight is 649 g/mol. The Bertz CT molecular complexity index is 1120. The second-order valence-electron chi connectivity index (χ2n) is 11.5. The largest absolute Gasteiger partial charge is 0.497 e. The highest BCUT2D eigenvalue weighted by Crippen LogP contribution is 2.26. The molecule has 244 valence electrons. The number of rotatable bonds is 23. The van der Waals surface area contributed by atoms with Crippen molar-refractivity contribution < 1.29 is 23.9 Å². The Labute approximate surface area is 274 Å². The Morgan fingerprint density at radius 2 is 1.23 bits per heavy atom. The molecule has 2 aromatic rings. The van der Waals surface area contributed by atoms with Crippen LogP contribution >= 0.6 is 23.2 Å². The second kappa shape index (κ2) is 22.0. The zero-order valence-electron chi connectivity index (χ0n) is 26.8. The lowest BCUT2D eigenvalue weighted by atomic mass is 10.0. The fourth-order valence-electron chi connectivity index (χ4n) is 5.10. The summed E-state index contributed by atoms with van der Waals surface area (Å²) in [4.78, 5) is 38.9. The van der Waals surface area contributed by atoms with Crippen molar-refractivity contribution in [3.63, 3.8) is 0 Å². The van der Waals surface area contributed by atoms with Gasteiger partial charge in [0.05, 0.1) is 23.4 Å². The van der Waals surface area contributed by atoms with Gasteiger partial charge in [-0.15, -0.1) is 11.6 Å². The van der Waals surface area contributed by atoms with E-state index in [1.54, 1.807) is 30.3 Å². The van der Waals surface area contributed by atoms with E-state index in [1.807, 2.05) is 0 Å². The molecule has 0 radical (unpaired) electrons. The number of hydrogen-bond acceptors (Lipinski definition) is 5. The highest BCUT2D eigenvalue weighted by Gasteiger charge is 2.26. The predicted molar refractivity (Wildman–Crippen MR) is 181 cm³/mol. The molecule has 0 heterocycles. The standard InChI is InChI=1S/C36H51Cl2NO5/c1-4-6-8-10-12-14-16-18-30(19-17-15-13-11-9-7-5-2)44-36(42)28-22-25-31(37)32(26-28)39-35(41)33(38)34(40)27-20-23-29(43-3)24-21-27/h20-26,30,33H,4-19H2,1-3H3,(H,39,41). The summed E-state index contributed by atoms with van der Waals surface area (Å²) < 4.78 is 11.1. The van der Waals surface area contributed by atoms with E-state index in [4.69, 9.17) is 32.7 Å². The molecule has 2 aromatic carbocycles. The third-order valence-corrected chi connectivity index (χ3v) is 8.55. The summed E-state index contributed by atoms with van der Waals surface area (Å²) in [5.41, 5.74) is 0.744. The summed E-state index contributed by atoms with van der Waals surface area (Å²) in [5.74, 6) is -1.17. The molecule has 1 amide bonds. The molecule has 1 unspecified atom stereocenters. The summed E-state index contributed by atoms with van der Waals surface area (Å²) in [6.45, 7) is 4.44. The molecule has 8 heteroatoms. The van der Waals surface area contributed by atoms with Crippen molar-refractivity contribution in [3.05, 3.63) is 58.6 Å². The minimum Gasteiger partial charge on any atom is -0.497 e. The number of nitrogens with one attached hydrogen (secondary N) is 1. The van der Waals surface area contributed by atoms with Gasteiger partial charge in [0, 0.05) is 5.56 Å². The van der Waals surface area contributed by atoms with E-state index < -0.39 is 23.0 Å². The molecule has 1 N–H and O–H groups in total. The van der Waals surface area contributed by atoms with Crippen molar-refractivity contribution in [3.8, 4) is 5.75 Å². The minimum atomic E-state index is -1.48. The van der Waals surface area contributed by atoms with E-state index >= 15 is 0 Å². The number of ether oxygens (including phenoxy) is 2. The molecule has 44 heavy (non-hydrogen) atoms. The van der Waals surface area contributed by atoms with E-state index in [-0.39, 0.29) is 27.9 Å². The van der Waals surface area contributed by atoms with Crippen molar-refractivity contribution in [2.75, 3.05) is 12.4 Å². The van der Waals surface area contributed by atoms with Crippen LogP contribution in [0.2, 0.25) is 5.02 Å². The van der Waals surface area contributed by atoms with Gasteiger partial charge in [-0.2, -0.15) is 0 Å². The van der Waals surface area contributed by atoms with Crippen molar-refractivity contribution >= 4 is 46.5 Å². The first-order valence-electron chi connectivity index (χ1n) is 16.4. The van der Waals surface area contributed by atoms with Crippen LogP contribution in [0, 0.1) is 0 Å². The van der Waals surface area contributed by atoms with Crippen LogP contribution < -0.4 is 10.1 Å². The molecule has 0 fully saturated rings. The maximum Gasteiger partial charge on any atom is 0.338 e.